The number of carbonyl (C=O) groups is 2. The minimum atomic E-state index is -0.139. The average Bonchev–Trinajstić information content (AvgIpc) is 3.49. The number of rotatable bonds is 6. The maximum Gasteiger partial charge on any atom is 0.246 e. The van der Waals surface area contributed by atoms with Gasteiger partial charge < -0.3 is 15.0 Å². The van der Waals surface area contributed by atoms with Gasteiger partial charge in [-0.1, -0.05) is 12.1 Å². The second-order valence-corrected chi connectivity index (χ2v) is 6.93. The molecule has 1 aromatic rings. The fourth-order valence-electron chi connectivity index (χ4n) is 3.06. The van der Waals surface area contributed by atoms with Gasteiger partial charge in [0, 0.05) is 38.3 Å². The maximum absolute atomic E-state index is 12.4. The first-order chi connectivity index (χ1) is 12.6. The smallest absolute Gasteiger partial charge is 0.246 e. The Morgan fingerprint density at radius 2 is 1.96 bits per heavy atom. The molecular formula is C20H27N3O3. The third kappa shape index (κ3) is 4.85. The van der Waals surface area contributed by atoms with E-state index < -0.39 is 0 Å². The van der Waals surface area contributed by atoms with Crippen LogP contribution in [0.1, 0.15) is 25.3 Å². The summed E-state index contributed by atoms with van der Waals surface area (Å²) in [6.45, 7) is 4.67. The van der Waals surface area contributed by atoms with E-state index in [9.17, 15) is 9.59 Å². The zero-order valence-corrected chi connectivity index (χ0v) is 15.5. The molecule has 26 heavy (non-hydrogen) atoms. The molecule has 1 N–H and O–H groups in total. The lowest BCUT2D eigenvalue weighted by atomic mass is 10.2. The second-order valence-electron chi connectivity index (χ2n) is 6.93. The quantitative estimate of drug-likeness (QED) is 0.784. The fraction of sp³-hybridized carbons (Fsp3) is 0.500. The topological polar surface area (TPSA) is 61.9 Å². The van der Waals surface area contributed by atoms with Crippen LogP contribution in [-0.4, -0.2) is 67.0 Å². The number of amides is 2. The highest BCUT2D eigenvalue weighted by atomic mass is 16.5. The number of benzene rings is 1. The Labute approximate surface area is 154 Å². The number of ether oxygens (including phenoxy) is 1. The number of hydrogen-bond donors (Lipinski definition) is 1. The van der Waals surface area contributed by atoms with Crippen molar-refractivity contribution in [2.45, 2.75) is 31.8 Å². The van der Waals surface area contributed by atoms with E-state index >= 15 is 0 Å². The van der Waals surface area contributed by atoms with E-state index in [1.165, 1.54) is 0 Å². The van der Waals surface area contributed by atoms with Crippen LogP contribution in [0.2, 0.25) is 0 Å². The molecule has 0 bridgehead atoms. The molecule has 0 radical (unpaired) electrons. The molecule has 1 aromatic carbocycles. The lowest BCUT2D eigenvalue weighted by molar-refractivity contribution is -0.130. The summed E-state index contributed by atoms with van der Waals surface area (Å²) in [7, 11) is 1.62. The van der Waals surface area contributed by atoms with Crippen LogP contribution in [0.4, 0.5) is 0 Å². The van der Waals surface area contributed by atoms with Gasteiger partial charge in [0.1, 0.15) is 5.75 Å². The highest BCUT2D eigenvalue weighted by Gasteiger charge is 2.30. The molecule has 2 amide bonds. The van der Waals surface area contributed by atoms with Gasteiger partial charge in [0.05, 0.1) is 13.2 Å². The van der Waals surface area contributed by atoms with Crippen LogP contribution in [0.5, 0.6) is 5.75 Å². The van der Waals surface area contributed by atoms with Gasteiger partial charge in [-0.3, -0.25) is 14.5 Å². The number of methoxy groups -OCH3 is 1. The molecule has 3 rings (SSSR count). The van der Waals surface area contributed by atoms with E-state index in [1.807, 2.05) is 42.2 Å². The minimum absolute atomic E-state index is 0.00237. The lowest BCUT2D eigenvalue weighted by Crippen LogP contribution is -2.55. The van der Waals surface area contributed by atoms with Crippen LogP contribution in [0.15, 0.2) is 30.3 Å². The molecule has 2 aliphatic rings. The molecule has 140 valence electrons. The van der Waals surface area contributed by atoms with Gasteiger partial charge in [0.2, 0.25) is 11.8 Å². The van der Waals surface area contributed by atoms with Gasteiger partial charge >= 0.3 is 0 Å². The Hall–Kier alpha value is -2.34. The van der Waals surface area contributed by atoms with E-state index in [2.05, 4.69) is 10.2 Å². The fourth-order valence-corrected chi connectivity index (χ4v) is 3.06. The molecule has 0 aromatic heterocycles. The summed E-state index contributed by atoms with van der Waals surface area (Å²) in [5, 5.41) is 3.05. The molecule has 1 heterocycles. The highest BCUT2D eigenvalue weighted by Crippen LogP contribution is 2.19. The SMILES string of the molecule is COc1cccc(/C=C/C(=O)N2CCN(C(C)C(=O)NC3CC3)CC2)c1. The van der Waals surface area contributed by atoms with Crippen LogP contribution in [-0.2, 0) is 9.59 Å². The second kappa shape index (κ2) is 8.36. The Bertz CT molecular complexity index is 677. The third-order valence-corrected chi connectivity index (χ3v) is 4.99. The largest absolute Gasteiger partial charge is 0.497 e. The number of piperazine rings is 1. The maximum atomic E-state index is 12.4. The van der Waals surface area contributed by atoms with Crippen molar-refractivity contribution in [1.29, 1.82) is 0 Å². The van der Waals surface area contributed by atoms with E-state index in [1.54, 1.807) is 13.2 Å². The van der Waals surface area contributed by atoms with Crippen LogP contribution in [0, 0.1) is 0 Å². The molecule has 1 aliphatic carbocycles. The van der Waals surface area contributed by atoms with Crippen LogP contribution < -0.4 is 10.1 Å². The predicted octanol–water partition coefficient (Wildman–Crippen LogP) is 1.52. The molecule has 1 saturated heterocycles. The van der Waals surface area contributed by atoms with Crippen molar-refractivity contribution in [2.24, 2.45) is 0 Å². The highest BCUT2D eigenvalue weighted by molar-refractivity contribution is 5.92. The molecule has 2 fully saturated rings. The van der Waals surface area contributed by atoms with Crippen molar-refractivity contribution in [3.05, 3.63) is 35.9 Å². The first-order valence-corrected chi connectivity index (χ1v) is 9.22. The van der Waals surface area contributed by atoms with E-state index in [-0.39, 0.29) is 17.9 Å². The summed E-state index contributed by atoms with van der Waals surface area (Å²) >= 11 is 0. The number of hydrogen-bond acceptors (Lipinski definition) is 4. The Kier molecular flexibility index (Phi) is 5.93. The zero-order valence-electron chi connectivity index (χ0n) is 15.5. The molecular weight excluding hydrogens is 330 g/mol. The molecule has 1 unspecified atom stereocenters. The molecule has 6 nitrogen and oxygen atoms in total. The van der Waals surface area contributed by atoms with E-state index in [0.29, 0.717) is 19.1 Å². The van der Waals surface area contributed by atoms with Crippen molar-refractivity contribution < 1.29 is 14.3 Å². The van der Waals surface area contributed by atoms with E-state index in [4.69, 9.17) is 4.74 Å². The Balaban J connectivity index is 1.48. The molecule has 1 saturated carbocycles. The van der Waals surface area contributed by atoms with Crippen molar-refractivity contribution in [3.63, 3.8) is 0 Å². The van der Waals surface area contributed by atoms with Crippen molar-refractivity contribution >= 4 is 17.9 Å². The van der Waals surface area contributed by atoms with Gasteiger partial charge in [0.15, 0.2) is 0 Å². The van der Waals surface area contributed by atoms with Crippen molar-refractivity contribution in [2.75, 3.05) is 33.3 Å². The van der Waals surface area contributed by atoms with Crippen LogP contribution in [0.25, 0.3) is 6.08 Å². The standard InChI is InChI=1S/C20H27N3O3/c1-15(20(25)21-17-7-8-17)22-10-12-23(13-11-22)19(24)9-6-16-4-3-5-18(14-16)26-2/h3-6,9,14-15,17H,7-8,10-13H2,1-2H3,(H,21,25)/b9-6+. The summed E-state index contributed by atoms with van der Waals surface area (Å²) in [5.41, 5.74) is 0.932. The minimum Gasteiger partial charge on any atom is -0.497 e. The normalized spacial score (nSPS) is 19.4. The Morgan fingerprint density at radius 3 is 2.62 bits per heavy atom. The average molecular weight is 357 g/mol. The number of nitrogens with one attached hydrogen (secondary N) is 1. The summed E-state index contributed by atoms with van der Waals surface area (Å²) in [4.78, 5) is 28.5. The predicted molar refractivity (Wildman–Crippen MR) is 101 cm³/mol. The monoisotopic (exact) mass is 357 g/mol. The first kappa shape index (κ1) is 18.5. The Morgan fingerprint density at radius 1 is 1.23 bits per heavy atom. The molecule has 1 aliphatic heterocycles. The molecule has 0 spiro atoms. The van der Waals surface area contributed by atoms with Gasteiger partial charge in [-0.25, -0.2) is 0 Å². The molecule has 6 heteroatoms. The van der Waals surface area contributed by atoms with Gasteiger partial charge in [-0.15, -0.1) is 0 Å². The van der Waals surface area contributed by atoms with Crippen LogP contribution >= 0.6 is 0 Å². The summed E-state index contributed by atoms with van der Waals surface area (Å²) in [6.07, 6.45) is 5.61. The van der Waals surface area contributed by atoms with Crippen LogP contribution in [0.3, 0.4) is 0 Å². The summed E-state index contributed by atoms with van der Waals surface area (Å²) in [5.74, 6) is 0.874. The van der Waals surface area contributed by atoms with Gasteiger partial charge in [-0.2, -0.15) is 0 Å². The van der Waals surface area contributed by atoms with E-state index in [0.717, 1.165) is 37.2 Å². The molecule has 1 atom stereocenters. The van der Waals surface area contributed by atoms with Crippen molar-refractivity contribution in [3.8, 4) is 5.75 Å². The summed E-state index contributed by atoms with van der Waals surface area (Å²) in [6, 6.07) is 7.84. The zero-order chi connectivity index (χ0) is 18.5. The van der Waals surface area contributed by atoms with Gasteiger partial charge in [0.25, 0.3) is 0 Å². The van der Waals surface area contributed by atoms with Crippen molar-refractivity contribution in [1.82, 2.24) is 15.1 Å². The lowest BCUT2D eigenvalue weighted by Gasteiger charge is -2.37. The summed E-state index contributed by atoms with van der Waals surface area (Å²) < 4.78 is 5.19. The third-order valence-electron chi connectivity index (χ3n) is 4.99. The first-order valence-electron chi connectivity index (χ1n) is 9.22. The number of nitrogens with zero attached hydrogens (tertiary/aromatic N) is 2. The number of carbonyl (C=O) groups excluding carboxylic acids is 2. The van der Waals surface area contributed by atoms with Gasteiger partial charge in [-0.05, 0) is 43.5 Å².